The van der Waals surface area contributed by atoms with Crippen LogP contribution in [0.1, 0.15) is 15.9 Å². The van der Waals surface area contributed by atoms with E-state index in [2.05, 4.69) is 20.7 Å². The first kappa shape index (κ1) is 13.9. The highest BCUT2D eigenvalue weighted by atomic mass is 79.9. The summed E-state index contributed by atoms with van der Waals surface area (Å²) in [6.07, 6.45) is 0. The van der Waals surface area contributed by atoms with Gasteiger partial charge in [0.05, 0.1) is 7.11 Å². The molecule has 0 bridgehead atoms. The molecule has 0 spiro atoms. The molecular weight excluding hydrogens is 342 g/mol. The molecule has 0 atom stereocenters. The van der Waals surface area contributed by atoms with Crippen LogP contribution in [0.4, 0.5) is 0 Å². The monoisotopic (exact) mass is 346 g/mol. The number of methoxy groups -OCH3 is 1. The molecule has 1 aromatic rings. The number of carbonyl (C=O) groups is 1. The van der Waals surface area contributed by atoms with Gasteiger partial charge in [0.25, 0.3) is 0 Å². The molecule has 0 saturated heterocycles. The minimum Gasteiger partial charge on any atom is -0.507 e. The van der Waals surface area contributed by atoms with Gasteiger partial charge >= 0.3 is 5.97 Å². The quantitative estimate of drug-likeness (QED) is 0.621. The molecule has 0 aliphatic rings. The molecule has 0 saturated carbocycles. The molecule has 0 aliphatic carbocycles. The van der Waals surface area contributed by atoms with Crippen LogP contribution in [-0.2, 0) is 8.53 Å². The van der Waals surface area contributed by atoms with Crippen molar-refractivity contribution in [2.45, 2.75) is 3.79 Å². The number of hydrogen-bond donors (Lipinski definition) is 1. The first-order chi connectivity index (χ1) is 7.27. The van der Waals surface area contributed by atoms with E-state index in [0.717, 1.165) is 0 Å². The van der Waals surface area contributed by atoms with Gasteiger partial charge in [-0.15, -0.1) is 0 Å². The smallest absolute Gasteiger partial charge is 0.341 e. The highest BCUT2D eigenvalue weighted by Gasteiger charge is 2.28. The number of halogens is 4. The van der Waals surface area contributed by atoms with Crippen molar-refractivity contribution in [1.29, 1.82) is 0 Å². The predicted molar refractivity (Wildman–Crippen MR) is 66.4 cm³/mol. The number of phenolic OH excluding ortho intramolecular Hbond substituents is 1. The van der Waals surface area contributed by atoms with Crippen LogP contribution in [0.2, 0.25) is 0 Å². The third-order valence-corrected chi connectivity index (χ3v) is 3.06. The lowest BCUT2D eigenvalue weighted by Crippen LogP contribution is -2.06. The second-order valence-corrected chi connectivity index (χ2v) is 5.97. The van der Waals surface area contributed by atoms with Crippen LogP contribution in [0.25, 0.3) is 0 Å². The molecule has 0 aromatic heterocycles. The molecule has 0 aliphatic heterocycles. The maximum absolute atomic E-state index is 11.2. The summed E-state index contributed by atoms with van der Waals surface area (Å²) in [5, 5.41) is 9.58. The Balaban J connectivity index is 3.33. The zero-order chi connectivity index (χ0) is 12.5. The lowest BCUT2D eigenvalue weighted by molar-refractivity contribution is 0.0597. The van der Waals surface area contributed by atoms with Gasteiger partial charge in [0.15, 0.2) is 0 Å². The highest BCUT2D eigenvalue weighted by molar-refractivity contribution is 9.10. The van der Waals surface area contributed by atoms with E-state index in [1.807, 2.05) is 0 Å². The second kappa shape index (κ2) is 5.00. The minimum atomic E-state index is -1.69. The van der Waals surface area contributed by atoms with Crippen LogP contribution in [0, 0.1) is 0 Å². The van der Waals surface area contributed by atoms with Gasteiger partial charge in [-0.2, -0.15) is 0 Å². The summed E-state index contributed by atoms with van der Waals surface area (Å²) in [6, 6.07) is 2.53. The minimum absolute atomic E-state index is 0.00706. The third kappa shape index (κ3) is 2.94. The third-order valence-electron chi connectivity index (χ3n) is 1.80. The number of benzene rings is 1. The maximum atomic E-state index is 11.2. The largest absolute Gasteiger partial charge is 0.507 e. The van der Waals surface area contributed by atoms with Crippen molar-refractivity contribution in [1.82, 2.24) is 0 Å². The Morgan fingerprint density at radius 2 is 2.00 bits per heavy atom. The lowest BCUT2D eigenvalue weighted by atomic mass is 10.1. The van der Waals surface area contributed by atoms with Gasteiger partial charge in [0.2, 0.25) is 3.79 Å². The predicted octanol–water partition coefficient (Wildman–Crippen LogP) is 3.77. The fourth-order valence-corrected chi connectivity index (χ4v) is 2.50. The second-order valence-electron chi connectivity index (χ2n) is 2.84. The van der Waals surface area contributed by atoms with E-state index in [1.165, 1.54) is 19.2 Å². The van der Waals surface area contributed by atoms with Crippen molar-refractivity contribution >= 4 is 56.7 Å². The summed E-state index contributed by atoms with van der Waals surface area (Å²) in [6.45, 7) is 0. The average molecular weight is 348 g/mol. The van der Waals surface area contributed by atoms with Gasteiger partial charge in [0.1, 0.15) is 11.3 Å². The van der Waals surface area contributed by atoms with Crippen molar-refractivity contribution < 1.29 is 14.6 Å². The number of aromatic hydroxyl groups is 1. The average Bonchev–Trinajstić information content (AvgIpc) is 2.18. The van der Waals surface area contributed by atoms with Gasteiger partial charge < -0.3 is 9.84 Å². The van der Waals surface area contributed by atoms with E-state index < -0.39 is 9.76 Å². The van der Waals surface area contributed by atoms with E-state index in [-0.39, 0.29) is 16.9 Å². The highest BCUT2D eigenvalue weighted by Crippen LogP contribution is 2.44. The summed E-state index contributed by atoms with van der Waals surface area (Å²) < 4.78 is 3.18. The summed E-state index contributed by atoms with van der Waals surface area (Å²) in [5.41, 5.74) is 0.232. The topological polar surface area (TPSA) is 46.5 Å². The number of rotatable bonds is 1. The Morgan fingerprint density at radius 1 is 1.44 bits per heavy atom. The molecule has 16 heavy (non-hydrogen) atoms. The molecular formula is C9H6BrCl3O3. The molecule has 7 heteroatoms. The first-order valence-corrected chi connectivity index (χ1v) is 5.88. The number of phenols is 1. The fourth-order valence-electron chi connectivity index (χ4n) is 1.05. The van der Waals surface area contributed by atoms with Crippen molar-refractivity contribution in [2.75, 3.05) is 7.11 Å². The van der Waals surface area contributed by atoms with Crippen molar-refractivity contribution in [3.63, 3.8) is 0 Å². The van der Waals surface area contributed by atoms with Gasteiger partial charge in [-0.1, -0.05) is 50.7 Å². The number of carbonyl (C=O) groups excluding carboxylic acids is 1. The van der Waals surface area contributed by atoms with Gasteiger partial charge in [-0.3, -0.25) is 0 Å². The van der Waals surface area contributed by atoms with Crippen LogP contribution in [0.3, 0.4) is 0 Å². The first-order valence-electron chi connectivity index (χ1n) is 3.95. The number of alkyl halides is 3. The van der Waals surface area contributed by atoms with Gasteiger partial charge in [-0.25, -0.2) is 4.79 Å². The molecule has 3 nitrogen and oxygen atoms in total. The van der Waals surface area contributed by atoms with Crippen LogP contribution in [-0.4, -0.2) is 18.2 Å². The molecule has 0 fully saturated rings. The number of hydrogen-bond acceptors (Lipinski definition) is 3. The lowest BCUT2D eigenvalue weighted by Gasteiger charge is -2.15. The molecule has 88 valence electrons. The van der Waals surface area contributed by atoms with E-state index >= 15 is 0 Å². The molecule has 1 N–H and O–H groups in total. The SMILES string of the molecule is COC(=O)c1cc(Br)c(C(Cl)(Cl)Cl)cc1O. The van der Waals surface area contributed by atoms with Crippen LogP contribution < -0.4 is 0 Å². The van der Waals surface area contributed by atoms with Crippen LogP contribution in [0.15, 0.2) is 16.6 Å². The summed E-state index contributed by atoms with van der Waals surface area (Å²) in [5.74, 6) is -0.981. The summed E-state index contributed by atoms with van der Waals surface area (Å²) >= 11 is 20.2. The molecule has 0 amide bonds. The van der Waals surface area contributed by atoms with E-state index in [0.29, 0.717) is 4.47 Å². The zero-order valence-electron chi connectivity index (χ0n) is 7.93. The van der Waals surface area contributed by atoms with E-state index in [4.69, 9.17) is 34.8 Å². The fraction of sp³-hybridized carbons (Fsp3) is 0.222. The summed E-state index contributed by atoms with van der Waals surface area (Å²) in [7, 11) is 1.21. The van der Waals surface area contributed by atoms with Crippen molar-refractivity contribution in [3.05, 3.63) is 27.7 Å². The molecule has 1 aromatic carbocycles. The number of esters is 1. The normalized spacial score (nSPS) is 11.3. The van der Waals surface area contributed by atoms with Crippen LogP contribution in [0.5, 0.6) is 5.75 Å². The Hall–Kier alpha value is -0.160. The molecule has 0 unspecified atom stereocenters. The Morgan fingerprint density at radius 3 is 2.44 bits per heavy atom. The zero-order valence-corrected chi connectivity index (χ0v) is 11.8. The standard InChI is InChI=1S/C9H6BrCl3O3/c1-16-8(15)4-2-6(10)5(3-7(4)14)9(11,12)13/h2-3,14H,1H3. The van der Waals surface area contributed by atoms with E-state index in [9.17, 15) is 9.90 Å². The molecule has 1 rings (SSSR count). The Bertz CT molecular complexity index is 429. The summed E-state index contributed by atoms with van der Waals surface area (Å²) in [4.78, 5) is 11.2. The van der Waals surface area contributed by atoms with Crippen molar-refractivity contribution in [3.8, 4) is 5.75 Å². The van der Waals surface area contributed by atoms with Crippen LogP contribution >= 0.6 is 50.7 Å². The Labute approximate surface area is 115 Å². The molecule has 0 radical (unpaired) electrons. The molecule has 0 heterocycles. The number of ether oxygens (including phenoxy) is 1. The maximum Gasteiger partial charge on any atom is 0.341 e. The van der Waals surface area contributed by atoms with Gasteiger partial charge in [0, 0.05) is 10.0 Å². The van der Waals surface area contributed by atoms with Gasteiger partial charge in [-0.05, 0) is 12.1 Å². The van der Waals surface area contributed by atoms with Crippen molar-refractivity contribution in [2.24, 2.45) is 0 Å². The Kier molecular flexibility index (Phi) is 4.35. The van der Waals surface area contributed by atoms with E-state index in [1.54, 1.807) is 0 Å².